The predicted octanol–water partition coefficient (Wildman–Crippen LogP) is 21.1. The molecule has 73 heavy (non-hydrogen) atoms. The largest absolute Gasteiger partial charge is 0.460 e. The molecule has 10 nitrogen and oxygen atoms in total. The summed E-state index contributed by atoms with van der Waals surface area (Å²) in [7, 11) is 0. The highest BCUT2D eigenvalue weighted by molar-refractivity contribution is 5.77. The van der Waals surface area contributed by atoms with Crippen LogP contribution in [0.2, 0.25) is 0 Å². The first-order chi connectivity index (χ1) is 28.4. The molecule has 0 heterocycles. The van der Waals surface area contributed by atoms with Crippen LogP contribution in [0.3, 0.4) is 0 Å². The minimum absolute atomic E-state index is 0. The Hall–Kier alpha value is -2.65. The van der Waals surface area contributed by atoms with Gasteiger partial charge in [-0.05, 0) is 174 Å². The minimum atomic E-state index is -0.372. The summed E-state index contributed by atoms with van der Waals surface area (Å²) < 4.78 is 26.9. The highest BCUT2D eigenvalue weighted by Crippen LogP contribution is 2.35. The molecule has 0 spiro atoms. The SMILES string of the molecule is C.C.C.C.C.C.C.C.C.C.CCC(C)(C)C(=O)OC(C)(C)C.CCC(C)(C)OC(=O)C(C)(C)CC.CCC(C)C(=O)OC(C)(C)C.CCC(C)C(=O)OC(C)(C)CC.CCC(C)C(=O)OC1(CC)CCCCC1. The Labute approximate surface area is 463 Å². The minimum Gasteiger partial charge on any atom is -0.460 e. The van der Waals surface area contributed by atoms with Gasteiger partial charge < -0.3 is 23.7 Å². The molecule has 0 amide bonds. The zero-order valence-corrected chi connectivity index (χ0v) is 46.0. The quantitative estimate of drug-likeness (QED) is 0.109. The van der Waals surface area contributed by atoms with E-state index < -0.39 is 0 Å². The van der Waals surface area contributed by atoms with Crippen molar-refractivity contribution in [3.63, 3.8) is 0 Å². The van der Waals surface area contributed by atoms with Gasteiger partial charge in [0.25, 0.3) is 0 Å². The molecular formula is C63H144O10. The summed E-state index contributed by atoms with van der Waals surface area (Å²) in [6.07, 6.45) is 12.7. The number of hydrogen-bond donors (Lipinski definition) is 0. The predicted molar refractivity (Wildman–Crippen MR) is 329 cm³/mol. The van der Waals surface area contributed by atoms with Crippen molar-refractivity contribution in [2.75, 3.05) is 0 Å². The first kappa shape index (κ1) is 107. The normalized spacial score (nSPS) is 13.4. The number of rotatable bonds is 16. The van der Waals surface area contributed by atoms with E-state index in [4.69, 9.17) is 23.7 Å². The van der Waals surface area contributed by atoms with Gasteiger partial charge in [-0.2, -0.15) is 0 Å². The van der Waals surface area contributed by atoms with Gasteiger partial charge in [0.15, 0.2) is 0 Å². The first-order valence-electron chi connectivity index (χ1n) is 24.5. The molecule has 3 unspecified atom stereocenters. The van der Waals surface area contributed by atoms with Crippen molar-refractivity contribution in [1.82, 2.24) is 0 Å². The number of carbonyl (C=O) groups is 5. The molecule has 1 aliphatic rings. The monoisotopic (exact) mass is 1060 g/mol. The molecule has 0 saturated heterocycles. The number of hydrogen-bond acceptors (Lipinski definition) is 10. The van der Waals surface area contributed by atoms with Crippen LogP contribution in [0.5, 0.6) is 0 Å². The second kappa shape index (κ2) is 49.0. The van der Waals surface area contributed by atoms with E-state index in [1.54, 1.807) is 0 Å². The van der Waals surface area contributed by atoms with E-state index in [-0.39, 0.29) is 161 Å². The molecule has 1 saturated carbocycles. The highest BCUT2D eigenvalue weighted by atomic mass is 16.6. The molecule has 0 aromatic rings. The summed E-state index contributed by atoms with van der Waals surface area (Å²) in [5.41, 5.74) is -2.19. The van der Waals surface area contributed by atoms with Gasteiger partial charge in [0, 0.05) is 0 Å². The highest BCUT2D eigenvalue weighted by Gasteiger charge is 2.35. The van der Waals surface area contributed by atoms with Gasteiger partial charge in [0.1, 0.15) is 28.0 Å². The van der Waals surface area contributed by atoms with Crippen molar-refractivity contribution in [3.8, 4) is 0 Å². The number of carbonyl (C=O) groups excluding carboxylic acids is 5. The molecule has 0 aromatic carbocycles. The Morgan fingerprint density at radius 1 is 0.384 bits per heavy atom. The van der Waals surface area contributed by atoms with Gasteiger partial charge in [0.05, 0.1) is 28.6 Å². The molecule has 1 rings (SSSR count). The third kappa shape index (κ3) is 52.6. The maximum atomic E-state index is 11.8. The molecule has 1 fully saturated rings. The van der Waals surface area contributed by atoms with Crippen LogP contribution in [0.15, 0.2) is 0 Å². The van der Waals surface area contributed by atoms with E-state index >= 15 is 0 Å². The molecule has 3 atom stereocenters. The Balaban J connectivity index is -0.0000000482. The molecule has 0 aromatic heterocycles. The van der Waals surface area contributed by atoms with E-state index in [1.165, 1.54) is 19.3 Å². The Morgan fingerprint density at radius 3 is 0.918 bits per heavy atom. The lowest BCUT2D eigenvalue weighted by atomic mass is 9.82. The van der Waals surface area contributed by atoms with Gasteiger partial charge in [-0.15, -0.1) is 0 Å². The van der Waals surface area contributed by atoms with Crippen LogP contribution in [0, 0.1) is 28.6 Å². The maximum Gasteiger partial charge on any atom is 0.312 e. The van der Waals surface area contributed by atoms with E-state index in [2.05, 4.69) is 6.92 Å². The fraction of sp³-hybridized carbons (Fsp3) is 0.921. The van der Waals surface area contributed by atoms with Crippen molar-refractivity contribution in [2.24, 2.45) is 28.6 Å². The standard InChI is InChI=1S/C13H24O2.C11H22O2.2C10H20O2.C9H18O2.10CH4/c1-4-11(3)12(14)15-13(5-2)9-7-6-8-10-13;1-7-10(3,4)9(12)13-11(5,6)8-2;1-7-10(5,6)8(11)12-9(2,3)4;1-6-8(3)9(11)12-10(4,5)7-2;1-6-7(2)8(10)11-9(3,4)5;;;;;;;;;;/h11H,4-10H2,1-3H3;7-8H2,1-6H3;7H2,1-6H3;8H,6-7H2,1-5H3;7H,6H2,1-5H3;10*1H4. The van der Waals surface area contributed by atoms with Gasteiger partial charge in [-0.1, -0.05) is 157 Å². The van der Waals surface area contributed by atoms with E-state index in [9.17, 15) is 24.0 Å². The molecule has 456 valence electrons. The lowest BCUT2D eigenvalue weighted by Gasteiger charge is -2.36. The number of esters is 5. The summed E-state index contributed by atoms with van der Waals surface area (Å²) in [5, 5.41) is 0. The van der Waals surface area contributed by atoms with E-state index in [0.29, 0.717) is 0 Å². The van der Waals surface area contributed by atoms with E-state index in [1.807, 2.05) is 166 Å². The average Bonchev–Trinajstić information content (AvgIpc) is 3.19. The van der Waals surface area contributed by atoms with Crippen LogP contribution in [0.4, 0.5) is 0 Å². The lowest BCUT2D eigenvalue weighted by molar-refractivity contribution is -0.169. The third-order valence-corrected chi connectivity index (χ3v) is 11.9. The van der Waals surface area contributed by atoms with Gasteiger partial charge >= 0.3 is 29.8 Å². The third-order valence-electron chi connectivity index (χ3n) is 11.9. The zero-order chi connectivity index (χ0) is 50.8. The maximum absolute atomic E-state index is 11.8. The van der Waals surface area contributed by atoms with Gasteiger partial charge in [0.2, 0.25) is 0 Å². The van der Waals surface area contributed by atoms with Crippen LogP contribution in [0.1, 0.15) is 331 Å². The Kier molecular flexibility index (Phi) is 71.5. The van der Waals surface area contributed by atoms with Gasteiger partial charge in [-0.3, -0.25) is 24.0 Å². The summed E-state index contributed by atoms with van der Waals surface area (Å²) in [6.45, 7) is 48.6. The number of ether oxygens (including phenoxy) is 5. The first-order valence-corrected chi connectivity index (χ1v) is 24.5. The molecule has 0 bridgehead atoms. The zero-order valence-electron chi connectivity index (χ0n) is 46.0. The van der Waals surface area contributed by atoms with Crippen molar-refractivity contribution < 1.29 is 47.7 Å². The summed E-state index contributed by atoms with van der Waals surface area (Å²) in [6, 6.07) is 0. The summed E-state index contributed by atoms with van der Waals surface area (Å²) in [5.74, 6) is -0.287. The van der Waals surface area contributed by atoms with Crippen molar-refractivity contribution in [2.45, 2.75) is 359 Å². The summed E-state index contributed by atoms with van der Waals surface area (Å²) in [4.78, 5) is 57.4. The smallest absolute Gasteiger partial charge is 0.312 e. The van der Waals surface area contributed by atoms with Crippen molar-refractivity contribution in [3.05, 3.63) is 0 Å². The molecule has 0 N–H and O–H groups in total. The molecule has 0 aliphatic heterocycles. The van der Waals surface area contributed by atoms with Crippen LogP contribution in [0.25, 0.3) is 0 Å². The van der Waals surface area contributed by atoms with Crippen LogP contribution in [-0.2, 0) is 47.7 Å². The van der Waals surface area contributed by atoms with Crippen LogP contribution < -0.4 is 0 Å². The average molecular weight is 1060 g/mol. The van der Waals surface area contributed by atoms with Crippen molar-refractivity contribution >= 4 is 29.8 Å². The molecular weight excluding hydrogens is 917 g/mol. The lowest BCUT2D eigenvalue weighted by Crippen LogP contribution is -2.38. The molecule has 1 aliphatic carbocycles. The van der Waals surface area contributed by atoms with Gasteiger partial charge in [-0.25, -0.2) is 0 Å². The summed E-state index contributed by atoms with van der Waals surface area (Å²) >= 11 is 0. The fourth-order valence-corrected chi connectivity index (χ4v) is 4.55. The molecule has 0 radical (unpaired) electrons. The van der Waals surface area contributed by atoms with E-state index in [0.717, 1.165) is 64.2 Å². The van der Waals surface area contributed by atoms with Crippen LogP contribution in [-0.4, -0.2) is 57.9 Å². The second-order valence-electron chi connectivity index (χ2n) is 22.0. The van der Waals surface area contributed by atoms with Crippen LogP contribution >= 0.6 is 0 Å². The molecule has 10 heteroatoms. The second-order valence-corrected chi connectivity index (χ2v) is 22.0. The Morgan fingerprint density at radius 2 is 0.658 bits per heavy atom. The fourth-order valence-electron chi connectivity index (χ4n) is 4.55. The Bertz CT molecular complexity index is 1290. The topological polar surface area (TPSA) is 132 Å². The van der Waals surface area contributed by atoms with Crippen molar-refractivity contribution in [1.29, 1.82) is 0 Å².